The molecule has 0 amide bonds. The number of aromatic nitrogens is 1. The molecule has 1 aromatic rings. The molecule has 3 nitrogen and oxygen atoms in total. The van der Waals surface area contributed by atoms with E-state index in [-0.39, 0.29) is 6.42 Å². The summed E-state index contributed by atoms with van der Waals surface area (Å²) in [6.07, 6.45) is -0.132. The maximum atomic E-state index is 10.2. The minimum absolute atomic E-state index is 0.132. The summed E-state index contributed by atoms with van der Waals surface area (Å²) in [6.45, 7) is 3.76. The van der Waals surface area contributed by atoms with E-state index in [0.29, 0.717) is 0 Å². The highest BCUT2D eigenvalue weighted by molar-refractivity contribution is 5.70. The first kappa shape index (κ1) is 10.3. The van der Waals surface area contributed by atoms with Crippen LogP contribution in [0.5, 0.6) is 0 Å². The fraction of sp³-hybridized carbons (Fsp3) is 0.273. The average Bonchev–Trinajstić information content (AvgIpc) is 2.08. The highest BCUT2D eigenvalue weighted by atomic mass is 16.4. The van der Waals surface area contributed by atoms with E-state index >= 15 is 0 Å². The van der Waals surface area contributed by atoms with Gasteiger partial charge < -0.3 is 5.11 Å². The standard InChI is InChI=1S/C11H11NO2/c1-8-6-7-10(9(2)12-8)4-3-5-11(13)14/h6-7H,5H2,1-2H3,(H,13,14). The lowest BCUT2D eigenvalue weighted by Crippen LogP contribution is -1.92. The number of hydrogen-bond donors (Lipinski definition) is 1. The van der Waals surface area contributed by atoms with Crippen LogP contribution in [0.25, 0.3) is 0 Å². The molecule has 72 valence electrons. The van der Waals surface area contributed by atoms with E-state index in [2.05, 4.69) is 16.8 Å². The first-order valence-electron chi connectivity index (χ1n) is 4.24. The van der Waals surface area contributed by atoms with Crippen molar-refractivity contribution in [3.05, 3.63) is 29.1 Å². The van der Waals surface area contributed by atoms with Gasteiger partial charge >= 0.3 is 5.97 Å². The number of carboxylic acid groups (broad SMARTS) is 1. The minimum Gasteiger partial charge on any atom is -0.481 e. The fourth-order valence-corrected chi connectivity index (χ4v) is 1.03. The molecule has 0 fully saturated rings. The van der Waals surface area contributed by atoms with Crippen LogP contribution in [0.1, 0.15) is 23.4 Å². The second kappa shape index (κ2) is 4.43. The van der Waals surface area contributed by atoms with Crippen molar-refractivity contribution in [1.29, 1.82) is 0 Å². The number of pyridine rings is 1. The molecule has 0 spiro atoms. The Balaban J connectivity index is 2.85. The summed E-state index contributed by atoms with van der Waals surface area (Å²) < 4.78 is 0. The molecule has 0 radical (unpaired) electrons. The van der Waals surface area contributed by atoms with Crippen LogP contribution in [0.4, 0.5) is 0 Å². The van der Waals surface area contributed by atoms with Crippen molar-refractivity contribution in [3.63, 3.8) is 0 Å². The predicted octanol–water partition coefficient (Wildman–Crippen LogP) is 1.52. The number of aryl methyl sites for hydroxylation is 2. The van der Waals surface area contributed by atoms with Crippen molar-refractivity contribution in [3.8, 4) is 11.8 Å². The van der Waals surface area contributed by atoms with Crippen molar-refractivity contribution in [2.45, 2.75) is 20.3 Å². The zero-order valence-electron chi connectivity index (χ0n) is 8.16. The second-order valence-corrected chi connectivity index (χ2v) is 2.96. The van der Waals surface area contributed by atoms with E-state index in [9.17, 15) is 4.79 Å². The first-order valence-corrected chi connectivity index (χ1v) is 4.24. The van der Waals surface area contributed by atoms with Crippen LogP contribution in [0.15, 0.2) is 12.1 Å². The monoisotopic (exact) mass is 189 g/mol. The third kappa shape index (κ3) is 2.91. The van der Waals surface area contributed by atoms with Crippen molar-refractivity contribution in [2.75, 3.05) is 0 Å². The fourth-order valence-electron chi connectivity index (χ4n) is 1.03. The molecule has 0 aliphatic heterocycles. The Morgan fingerprint density at radius 3 is 2.79 bits per heavy atom. The smallest absolute Gasteiger partial charge is 0.315 e. The molecular weight excluding hydrogens is 178 g/mol. The number of hydrogen-bond acceptors (Lipinski definition) is 2. The van der Waals surface area contributed by atoms with Gasteiger partial charge in [-0.05, 0) is 26.0 Å². The van der Waals surface area contributed by atoms with Crippen LogP contribution < -0.4 is 0 Å². The van der Waals surface area contributed by atoms with Gasteiger partial charge in [-0.15, -0.1) is 0 Å². The number of rotatable bonds is 1. The highest BCUT2D eigenvalue weighted by Crippen LogP contribution is 2.04. The van der Waals surface area contributed by atoms with Crippen LogP contribution in [0, 0.1) is 25.7 Å². The summed E-state index contributed by atoms with van der Waals surface area (Å²) in [4.78, 5) is 14.4. The van der Waals surface area contributed by atoms with Gasteiger partial charge in [0.2, 0.25) is 0 Å². The van der Waals surface area contributed by atoms with E-state index in [4.69, 9.17) is 5.11 Å². The summed E-state index contributed by atoms with van der Waals surface area (Å²) in [5.41, 5.74) is 2.56. The van der Waals surface area contributed by atoms with Gasteiger partial charge in [0.05, 0.1) is 5.69 Å². The lowest BCUT2D eigenvalue weighted by molar-refractivity contribution is -0.135. The van der Waals surface area contributed by atoms with Gasteiger partial charge in [0.1, 0.15) is 6.42 Å². The van der Waals surface area contributed by atoms with Crippen molar-refractivity contribution < 1.29 is 9.90 Å². The summed E-state index contributed by atoms with van der Waals surface area (Å²) in [5.74, 6) is 4.44. The highest BCUT2D eigenvalue weighted by Gasteiger charge is 1.95. The first-order chi connectivity index (χ1) is 6.59. The number of carbonyl (C=O) groups is 1. The summed E-state index contributed by atoms with van der Waals surface area (Å²) in [5, 5.41) is 8.39. The molecule has 0 atom stereocenters. The Morgan fingerprint density at radius 1 is 1.50 bits per heavy atom. The topological polar surface area (TPSA) is 50.2 Å². The average molecular weight is 189 g/mol. The second-order valence-electron chi connectivity index (χ2n) is 2.96. The SMILES string of the molecule is Cc1ccc(C#CCC(=O)O)c(C)n1. The van der Waals surface area contributed by atoms with E-state index in [1.54, 1.807) is 0 Å². The summed E-state index contributed by atoms with van der Waals surface area (Å²) in [6, 6.07) is 3.71. The maximum Gasteiger partial charge on any atom is 0.315 e. The van der Waals surface area contributed by atoms with Gasteiger partial charge in [-0.1, -0.05) is 11.8 Å². The molecule has 0 aliphatic carbocycles. The van der Waals surface area contributed by atoms with E-state index in [0.717, 1.165) is 17.0 Å². The van der Waals surface area contributed by atoms with E-state index in [1.807, 2.05) is 26.0 Å². The van der Waals surface area contributed by atoms with Gasteiger partial charge in [0.25, 0.3) is 0 Å². The molecule has 3 heteroatoms. The summed E-state index contributed by atoms with van der Waals surface area (Å²) in [7, 11) is 0. The van der Waals surface area contributed by atoms with Gasteiger partial charge in [0.15, 0.2) is 0 Å². The van der Waals surface area contributed by atoms with Crippen LogP contribution in [-0.4, -0.2) is 16.1 Å². The van der Waals surface area contributed by atoms with Gasteiger partial charge in [-0.25, -0.2) is 0 Å². The third-order valence-electron chi connectivity index (χ3n) is 1.69. The molecule has 1 rings (SSSR count). The summed E-state index contributed by atoms with van der Waals surface area (Å²) >= 11 is 0. The molecule has 0 unspecified atom stereocenters. The van der Waals surface area contributed by atoms with Crippen LogP contribution in [0.2, 0.25) is 0 Å². The molecule has 1 N–H and O–H groups in total. The molecule has 0 bridgehead atoms. The Morgan fingerprint density at radius 2 is 2.21 bits per heavy atom. The quantitative estimate of drug-likeness (QED) is 0.681. The molecule has 1 aromatic heterocycles. The van der Waals surface area contributed by atoms with Crippen molar-refractivity contribution >= 4 is 5.97 Å². The lowest BCUT2D eigenvalue weighted by atomic mass is 10.2. The van der Waals surface area contributed by atoms with Crippen LogP contribution >= 0.6 is 0 Å². The van der Waals surface area contributed by atoms with E-state index < -0.39 is 5.97 Å². The Kier molecular flexibility index (Phi) is 3.24. The maximum absolute atomic E-state index is 10.2. The van der Waals surface area contributed by atoms with Crippen LogP contribution in [-0.2, 0) is 4.79 Å². The molecule has 0 aromatic carbocycles. The Bertz CT molecular complexity index is 413. The molecule has 0 saturated heterocycles. The number of carboxylic acids is 1. The van der Waals surface area contributed by atoms with Gasteiger partial charge in [-0.2, -0.15) is 0 Å². The zero-order chi connectivity index (χ0) is 10.6. The minimum atomic E-state index is -0.907. The number of aliphatic carboxylic acids is 1. The molecule has 1 heterocycles. The van der Waals surface area contributed by atoms with Crippen LogP contribution in [0.3, 0.4) is 0 Å². The van der Waals surface area contributed by atoms with Gasteiger partial charge in [0, 0.05) is 11.3 Å². The Hall–Kier alpha value is -1.82. The molecular formula is C11H11NO2. The normalized spacial score (nSPS) is 9.00. The predicted molar refractivity (Wildman–Crippen MR) is 52.8 cm³/mol. The van der Waals surface area contributed by atoms with E-state index in [1.165, 1.54) is 0 Å². The zero-order valence-corrected chi connectivity index (χ0v) is 8.16. The van der Waals surface area contributed by atoms with Crippen molar-refractivity contribution in [2.24, 2.45) is 0 Å². The molecule has 0 aliphatic rings. The van der Waals surface area contributed by atoms with Gasteiger partial charge in [-0.3, -0.25) is 9.78 Å². The van der Waals surface area contributed by atoms with Crippen molar-refractivity contribution in [1.82, 2.24) is 4.98 Å². The lowest BCUT2D eigenvalue weighted by Gasteiger charge is -1.97. The third-order valence-corrected chi connectivity index (χ3v) is 1.69. The Labute approximate surface area is 82.8 Å². The molecule has 14 heavy (non-hydrogen) atoms. The largest absolute Gasteiger partial charge is 0.481 e. The number of nitrogens with zero attached hydrogens (tertiary/aromatic N) is 1. The molecule has 0 saturated carbocycles.